The summed E-state index contributed by atoms with van der Waals surface area (Å²) < 4.78 is 11.5. The van der Waals surface area contributed by atoms with Crippen molar-refractivity contribution >= 4 is 23.5 Å². The van der Waals surface area contributed by atoms with Gasteiger partial charge < -0.3 is 19.7 Å². The van der Waals surface area contributed by atoms with Crippen LogP contribution < -0.4 is 9.47 Å². The number of unbranched alkanes of at least 4 members (excludes halogenated alkanes) is 1. The molecule has 0 saturated carbocycles. The number of aromatic carboxylic acids is 1. The molecule has 0 saturated heterocycles. The smallest absolute Gasteiger partial charge is 0.335 e. The van der Waals surface area contributed by atoms with E-state index >= 15 is 0 Å². The average Bonchev–Trinajstić information content (AvgIpc) is 3.01. The molecule has 0 spiro atoms. The fraction of sp³-hybridized carbons (Fsp3) is 0.257. The number of carbonyl (C=O) groups is 2. The summed E-state index contributed by atoms with van der Waals surface area (Å²) in [6.45, 7) is 2.43. The number of methoxy groups -OCH3 is 1. The highest BCUT2D eigenvalue weighted by Crippen LogP contribution is 2.26. The van der Waals surface area contributed by atoms with E-state index in [0.717, 1.165) is 45.7 Å². The van der Waals surface area contributed by atoms with Crippen molar-refractivity contribution in [2.45, 2.75) is 38.8 Å². The molecule has 0 aliphatic heterocycles. The number of carboxylic acids is 2. The number of benzene rings is 4. The van der Waals surface area contributed by atoms with Crippen molar-refractivity contribution in [1.29, 1.82) is 0 Å². The third kappa shape index (κ3) is 9.87. The van der Waals surface area contributed by atoms with Crippen LogP contribution in [0.25, 0.3) is 11.1 Å². The van der Waals surface area contributed by atoms with Gasteiger partial charge in [0.25, 0.3) is 0 Å². The topological polar surface area (TPSA) is 96.3 Å². The van der Waals surface area contributed by atoms with Gasteiger partial charge in [-0.05, 0) is 96.1 Å². The van der Waals surface area contributed by atoms with Gasteiger partial charge in [0.2, 0.25) is 0 Å². The van der Waals surface area contributed by atoms with Crippen LogP contribution >= 0.6 is 11.6 Å². The molecule has 0 aliphatic carbocycles. The molecule has 0 bridgehead atoms. The molecule has 0 heterocycles. The second-order valence-electron chi connectivity index (χ2n) is 10.3. The van der Waals surface area contributed by atoms with Crippen molar-refractivity contribution in [1.82, 2.24) is 4.90 Å². The molecule has 4 rings (SSSR count). The number of aliphatic carboxylic acids is 1. The van der Waals surface area contributed by atoms with Crippen molar-refractivity contribution in [3.63, 3.8) is 0 Å². The van der Waals surface area contributed by atoms with Crippen LogP contribution in [-0.4, -0.2) is 47.3 Å². The average molecular weight is 602 g/mol. The molecule has 4 aromatic carbocycles. The normalized spacial score (nSPS) is 11.0. The zero-order valence-electron chi connectivity index (χ0n) is 24.2. The van der Waals surface area contributed by atoms with Crippen LogP contribution in [0.2, 0.25) is 5.02 Å². The van der Waals surface area contributed by atoms with E-state index in [1.807, 2.05) is 54.6 Å². The Morgan fingerprint density at radius 2 is 1.44 bits per heavy atom. The number of nitrogens with zero attached hydrogens (tertiary/aromatic N) is 1. The molecule has 0 amide bonds. The van der Waals surface area contributed by atoms with Gasteiger partial charge in [0, 0.05) is 24.5 Å². The third-order valence-corrected chi connectivity index (χ3v) is 7.45. The number of rotatable bonds is 16. The lowest BCUT2D eigenvalue weighted by atomic mass is 10.0. The largest absolute Gasteiger partial charge is 0.497 e. The van der Waals surface area contributed by atoms with Crippen molar-refractivity contribution in [2.75, 3.05) is 20.2 Å². The number of ether oxygens (including phenoxy) is 2. The van der Waals surface area contributed by atoms with Crippen molar-refractivity contribution in [2.24, 2.45) is 0 Å². The molecule has 0 radical (unpaired) electrons. The number of carboxylic acid groups (broad SMARTS) is 2. The van der Waals surface area contributed by atoms with Crippen LogP contribution in [0.3, 0.4) is 0 Å². The highest BCUT2D eigenvalue weighted by atomic mass is 35.5. The van der Waals surface area contributed by atoms with Crippen molar-refractivity contribution in [3.05, 3.63) is 118 Å². The standard InChI is InChI=1S/C35H36ClNO6/c1-42-32-16-13-28(14-17-32)27-9-7-26(8-10-27)24-43-33-18-15-31(36)22-30(33)19-21-37(20-3-2-4-34(38)39)23-25-5-11-29(12-6-25)35(40)41/h5-18,22H,2-4,19-21,23-24H2,1H3,(H,38,39)(H,40,41). The summed E-state index contributed by atoms with van der Waals surface area (Å²) in [7, 11) is 1.65. The molecule has 0 fully saturated rings. The number of hydrogen-bond donors (Lipinski definition) is 2. The molecule has 0 aromatic heterocycles. The Bertz CT molecular complexity index is 1490. The molecule has 4 aromatic rings. The number of hydrogen-bond acceptors (Lipinski definition) is 5. The Morgan fingerprint density at radius 3 is 2.07 bits per heavy atom. The van der Waals surface area contributed by atoms with Gasteiger partial charge in [-0.2, -0.15) is 0 Å². The minimum Gasteiger partial charge on any atom is -0.497 e. The van der Waals surface area contributed by atoms with E-state index < -0.39 is 11.9 Å². The maximum atomic E-state index is 11.2. The summed E-state index contributed by atoms with van der Waals surface area (Å²) in [5.74, 6) is -0.172. The highest BCUT2D eigenvalue weighted by Gasteiger charge is 2.12. The molecule has 0 unspecified atom stereocenters. The molecular weight excluding hydrogens is 566 g/mol. The first kappa shape index (κ1) is 31.6. The predicted molar refractivity (Wildman–Crippen MR) is 168 cm³/mol. The third-order valence-electron chi connectivity index (χ3n) is 7.21. The maximum absolute atomic E-state index is 11.2. The molecule has 2 N–H and O–H groups in total. The lowest BCUT2D eigenvalue weighted by Gasteiger charge is -2.23. The second-order valence-corrected chi connectivity index (χ2v) is 10.8. The van der Waals surface area contributed by atoms with Crippen LogP contribution in [0.5, 0.6) is 11.5 Å². The Hall–Kier alpha value is -4.33. The first-order valence-corrected chi connectivity index (χ1v) is 14.6. The van der Waals surface area contributed by atoms with E-state index in [-0.39, 0.29) is 12.0 Å². The van der Waals surface area contributed by atoms with Crippen molar-refractivity contribution in [3.8, 4) is 22.6 Å². The van der Waals surface area contributed by atoms with Gasteiger partial charge in [0.05, 0.1) is 12.7 Å². The summed E-state index contributed by atoms with van der Waals surface area (Å²) in [5.41, 5.74) is 5.48. The zero-order valence-corrected chi connectivity index (χ0v) is 24.9. The molecular formula is C35H36ClNO6. The van der Waals surface area contributed by atoms with Crippen LogP contribution in [0.4, 0.5) is 0 Å². The minimum atomic E-state index is -0.959. The SMILES string of the molecule is COc1ccc(-c2ccc(COc3ccc(Cl)cc3CCN(CCCCC(=O)O)Cc3ccc(C(=O)O)cc3)cc2)cc1. The highest BCUT2D eigenvalue weighted by molar-refractivity contribution is 6.30. The van der Waals surface area contributed by atoms with Gasteiger partial charge >= 0.3 is 11.9 Å². The van der Waals surface area contributed by atoms with E-state index in [2.05, 4.69) is 29.2 Å². The predicted octanol–water partition coefficient (Wildman–Crippen LogP) is 7.59. The van der Waals surface area contributed by atoms with Gasteiger partial charge in [-0.15, -0.1) is 0 Å². The second kappa shape index (κ2) is 15.8. The van der Waals surface area contributed by atoms with E-state index in [4.69, 9.17) is 26.2 Å². The summed E-state index contributed by atoms with van der Waals surface area (Å²) >= 11 is 6.37. The zero-order chi connectivity index (χ0) is 30.6. The van der Waals surface area contributed by atoms with E-state index in [1.54, 1.807) is 19.2 Å². The van der Waals surface area contributed by atoms with E-state index in [1.165, 1.54) is 0 Å². The van der Waals surface area contributed by atoms with E-state index in [9.17, 15) is 14.7 Å². The van der Waals surface area contributed by atoms with Crippen LogP contribution in [0, 0.1) is 0 Å². The summed E-state index contributed by atoms with van der Waals surface area (Å²) in [4.78, 5) is 24.5. The Balaban J connectivity index is 1.40. The van der Waals surface area contributed by atoms with Crippen LogP contribution in [0.15, 0.2) is 91.0 Å². The van der Waals surface area contributed by atoms with Crippen LogP contribution in [-0.2, 0) is 24.4 Å². The summed E-state index contributed by atoms with van der Waals surface area (Å²) in [5, 5.41) is 18.9. The lowest BCUT2D eigenvalue weighted by Crippen LogP contribution is -2.27. The summed E-state index contributed by atoms with van der Waals surface area (Å²) in [6.07, 6.45) is 2.14. The quantitative estimate of drug-likeness (QED) is 0.128. The minimum absolute atomic E-state index is 0.133. The monoisotopic (exact) mass is 601 g/mol. The maximum Gasteiger partial charge on any atom is 0.335 e. The Labute approximate surface area is 257 Å². The van der Waals surface area contributed by atoms with Crippen molar-refractivity contribution < 1.29 is 29.3 Å². The van der Waals surface area contributed by atoms with Gasteiger partial charge in [-0.3, -0.25) is 9.69 Å². The van der Waals surface area contributed by atoms with Gasteiger partial charge in [0.1, 0.15) is 18.1 Å². The fourth-order valence-electron chi connectivity index (χ4n) is 4.79. The lowest BCUT2D eigenvalue weighted by molar-refractivity contribution is -0.137. The number of halogens is 1. The first-order valence-electron chi connectivity index (χ1n) is 14.2. The Kier molecular flexibility index (Phi) is 11.6. The molecule has 0 aliphatic rings. The molecule has 43 heavy (non-hydrogen) atoms. The Morgan fingerprint density at radius 1 is 0.791 bits per heavy atom. The van der Waals surface area contributed by atoms with Gasteiger partial charge in [-0.25, -0.2) is 4.79 Å². The van der Waals surface area contributed by atoms with Gasteiger partial charge in [0.15, 0.2) is 0 Å². The fourth-order valence-corrected chi connectivity index (χ4v) is 4.99. The van der Waals surface area contributed by atoms with Gasteiger partial charge in [-0.1, -0.05) is 60.1 Å². The summed E-state index contributed by atoms with van der Waals surface area (Å²) in [6, 6.07) is 28.7. The van der Waals surface area contributed by atoms with Crippen LogP contribution in [0.1, 0.15) is 46.3 Å². The molecule has 8 heteroatoms. The molecule has 0 atom stereocenters. The first-order chi connectivity index (χ1) is 20.8. The molecule has 7 nitrogen and oxygen atoms in total. The molecule has 224 valence electrons. The van der Waals surface area contributed by atoms with E-state index in [0.29, 0.717) is 44.1 Å².